The van der Waals surface area contributed by atoms with Gasteiger partial charge in [0.25, 0.3) is 0 Å². The van der Waals surface area contributed by atoms with Crippen LogP contribution in [0.5, 0.6) is 0 Å². The molecule has 2 heterocycles. The molecule has 0 aliphatic heterocycles. The summed E-state index contributed by atoms with van der Waals surface area (Å²) in [7, 11) is 0. The minimum Gasteiger partial charge on any atom is -0.248 e. The Balaban J connectivity index is 0.000000204. The van der Waals surface area contributed by atoms with Crippen LogP contribution in [0.15, 0.2) is 85.2 Å². The Morgan fingerprint density at radius 3 is 1.25 bits per heavy atom. The highest BCUT2D eigenvalue weighted by atomic mass is 14.7. The van der Waals surface area contributed by atoms with Gasteiger partial charge in [0.05, 0.1) is 0 Å². The Morgan fingerprint density at radius 1 is 0.453 bits per heavy atom. The molecule has 278 valence electrons. The van der Waals surface area contributed by atoms with Gasteiger partial charge in [0.2, 0.25) is 0 Å². The highest BCUT2D eigenvalue weighted by Gasteiger charge is 2.22. The second kappa shape index (κ2) is 22.2. The summed E-state index contributed by atoms with van der Waals surface area (Å²) in [5, 5.41) is 0. The van der Waals surface area contributed by atoms with Crippen molar-refractivity contribution in [2.24, 2.45) is 11.8 Å². The molecule has 0 saturated heterocycles. The van der Waals surface area contributed by atoms with Gasteiger partial charge in [-0.1, -0.05) is 114 Å². The number of rotatable bonds is 11. The van der Waals surface area contributed by atoms with Crippen molar-refractivity contribution in [1.82, 2.24) is 9.97 Å². The minimum atomic E-state index is 0.748. The van der Waals surface area contributed by atoms with Gasteiger partial charge in [0.1, 0.15) is 11.4 Å². The lowest BCUT2D eigenvalue weighted by atomic mass is 9.77. The Labute approximate surface area is 323 Å². The summed E-state index contributed by atoms with van der Waals surface area (Å²) in [4.78, 5) is 8.94. The molecule has 0 radical (unpaired) electrons. The quantitative estimate of drug-likeness (QED) is 0.145. The van der Waals surface area contributed by atoms with Gasteiger partial charge in [0.15, 0.2) is 0 Å². The Morgan fingerprint density at radius 2 is 0.887 bits per heavy atom. The topological polar surface area (TPSA) is 25.8 Å². The van der Waals surface area contributed by atoms with Crippen LogP contribution in [0.2, 0.25) is 0 Å². The zero-order chi connectivity index (χ0) is 37.1. The van der Waals surface area contributed by atoms with Crippen LogP contribution in [0, 0.1) is 35.5 Å². The number of nitrogens with zero attached hydrogens (tertiary/aromatic N) is 2. The van der Waals surface area contributed by atoms with E-state index in [4.69, 9.17) is 0 Å². The molecule has 2 heteroatoms. The van der Waals surface area contributed by atoms with Gasteiger partial charge < -0.3 is 0 Å². The third-order valence-corrected chi connectivity index (χ3v) is 11.5. The first-order valence-corrected chi connectivity index (χ1v) is 21.2. The first-order valence-electron chi connectivity index (χ1n) is 21.2. The van der Waals surface area contributed by atoms with E-state index in [9.17, 15) is 0 Å². The zero-order valence-corrected chi connectivity index (χ0v) is 33.3. The molecule has 0 atom stereocenters. The number of benzene rings is 2. The number of hydrogen-bond acceptors (Lipinski definition) is 2. The van der Waals surface area contributed by atoms with E-state index in [-0.39, 0.29) is 0 Å². The third-order valence-electron chi connectivity index (χ3n) is 11.5. The van der Waals surface area contributed by atoms with Gasteiger partial charge >= 0.3 is 0 Å². The van der Waals surface area contributed by atoms with Crippen molar-refractivity contribution in [3.8, 4) is 23.7 Å². The van der Waals surface area contributed by atoms with Gasteiger partial charge in [-0.15, -0.1) is 0 Å². The molecular weight excluding hydrogens is 641 g/mol. The minimum absolute atomic E-state index is 0.748. The van der Waals surface area contributed by atoms with E-state index in [1.165, 1.54) is 112 Å². The summed E-state index contributed by atoms with van der Waals surface area (Å²) in [5.41, 5.74) is 9.44. The summed E-state index contributed by atoms with van der Waals surface area (Å²) < 4.78 is 0. The lowest BCUT2D eigenvalue weighted by molar-refractivity contribution is 0.308. The standard InChI is InChI=1S/C26H33N.C25H31N/c1-3-5-7-23-13-19-26(27-20-23)18-12-22-10-16-25(17-11-22)24-14-8-21(6-4-2)9-15-24;1-3-5-20-7-13-23(14-8-20)24-15-9-21(10-16-24)11-17-25-18-12-22(6-4-2)19-26-25/h10-11,13,16-17,19-21,24H,3-9,14-15H2,1-2H3;9-10,12,15-16,18-20,23H,3-8,13-14H2,1-2H3. The van der Waals surface area contributed by atoms with Crippen molar-refractivity contribution in [1.29, 1.82) is 0 Å². The predicted octanol–water partition coefficient (Wildman–Crippen LogP) is 13.4. The molecule has 2 aliphatic carbocycles. The number of hydrogen-bond donors (Lipinski definition) is 0. The Bertz CT molecular complexity index is 1730. The van der Waals surface area contributed by atoms with E-state index in [0.29, 0.717) is 0 Å². The molecule has 6 rings (SSSR count). The number of pyridine rings is 2. The van der Waals surface area contributed by atoms with Crippen LogP contribution in [0.4, 0.5) is 0 Å². The van der Waals surface area contributed by atoms with Crippen molar-refractivity contribution in [3.63, 3.8) is 0 Å². The molecule has 0 bridgehead atoms. The van der Waals surface area contributed by atoms with E-state index in [0.717, 1.165) is 65.4 Å². The van der Waals surface area contributed by atoms with Gasteiger partial charge in [0, 0.05) is 23.5 Å². The fourth-order valence-corrected chi connectivity index (χ4v) is 8.30. The second-order valence-electron chi connectivity index (χ2n) is 15.7. The Kier molecular flexibility index (Phi) is 16.7. The van der Waals surface area contributed by atoms with Crippen LogP contribution in [0.1, 0.15) is 181 Å². The third kappa shape index (κ3) is 13.3. The average Bonchev–Trinajstić information content (AvgIpc) is 3.21. The van der Waals surface area contributed by atoms with E-state index < -0.39 is 0 Å². The molecule has 53 heavy (non-hydrogen) atoms. The molecule has 0 amide bonds. The molecule has 4 aromatic rings. The molecule has 2 aromatic carbocycles. The van der Waals surface area contributed by atoms with E-state index in [1.54, 1.807) is 0 Å². The first kappa shape index (κ1) is 40.1. The van der Waals surface area contributed by atoms with Crippen molar-refractivity contribution in [3.05, 3.63) is 130 Å². The predicted molar refractivity (Wildman–Crippen MR) is 225 cm³/mol. The molecule has 2 nitrogen and oxygen atoms in total. The fraction of sp³-hybridized carbons (Fsp3) is 0.490. The number of unbranched alkanes of at least 4 members (excludes halogenated alkanes) is 1. The lowest BCUT2D eigenvalue weighted by Crippen LogP contribution is -2.13. The van der Waals surface area contributed by atoms with Crippen LogP contribution >= 0.6 is 0 Å². The summed E-state index contributed by atoms with van der Waals surface area (Å²) in [5.74, 6) is 16.3. The summed E-state index contributed by atoms with van der Waals surface area (Å²) in [6.45, 7) is 9.02. The van der Waals surface area contributed by atoms with Crippen LogP contribution in [-0.2, 0) is 12.8 Å². The molecule has 2 fully saturated rings. The molecule has 2 saturated carbocycles. The van der Waals surface area contributed by atoms with Gasteiger partial charge in [-0.05, 0) is 165 Å². The molecule has 2 aliphatic rings. The highest BCUT2D eigenvalue weighted by Crippen LogP contribution is 2.38. The van der Waals surface area contributed by atoms with Crippen LogP contribution in [-0.4, -0.2) is 9.97 Å². The maximum atomic E-state index is 4.49. The van der Waals surface area contributed by atoms with Gasteiger partial charge in [-0.25, -0.2) is 9.97 Å². The van der Waals surface area contributed by atoms with Crippen molar-refractivity contribution in [2.45, 2.75) is 149 Å². The SMILES string of the molecule is CCCCc1ccc(C#Cc2ccc(C3CCC(CCC)CC3)cc2)nc1.CCCc1ccc(C#Cc2ccc(C3CCC(CCC)CC3)cc2)nc1. The van der Waals surface area contributed by atoms with Gasteiger partial charge in [-0.3, -0.25) is 0 Å². The van der Waals surface area contributed by atoms with E-state index in [2.05, 4.69) is 122 Å². The second-order valence-corrected chi connectivity index (χ2v) is 15.7. The molecule has 0 N–H and O–H groups in total. The van der Waals surface area contributed by atoms with Crippen molar-refractivity contribution < 1.29 is 0 Å². The highest BCUT2D eigenvalue weighted by molar-refractivity contribution is 5.43. The van der Waals surface area contributed by atoms with E-state index in [1.807, 2.05) is 24.5 Å². The molecule has 0 spiro atoms. The lowest BCUT2D eigenvalue weighted by Gasteiger charge is -2.28. The fourth-order valence-electron chi connectivity index (χ4n) is 8.30. The monoisotopic (exact) mass is 705 g/mol. The Hall–Kier alpha value is -4.14. The summed E-state index contributed by atoms with van der Waals surface area (Å²) >= 11 is 0. The smallest absolute Gasteiger partial charge is 0.113 e. The summed E-state index contributed by atoms with van der Waals surface area (Å²) in [6.07, 6.45) is 26.2. The maximum absolute atomic E-state index is 4.49. The van der Waals surface area contributed by atoms with Crippen LogP contribution in [0.3, 0.4) is 0 Å². The summed E-state index contributed by atoms with van der Waals surface area (Å²) in [6, 6.07) is 26.2. The molecule has 2 aromatic heterocycles. The first-order chi connectivity index (χ1) is 26.1. The maximum Gasteiger partial charge on any atom is 0.113 e. The zero-order valence-electron chi connectivity index (χ0n) is 33.3. The van der Waals surface area contributed by atoms with E-state index >= 15 is 0 Å². The van der Waals surface area contributed by atoms with Crippen LogP contribution in [0.25, 0.3) is 0 Å². The van der Waals surface area contributed by atoms with Crippen molar-refractivity contribution >= 4 is 0 Å². The van der Waals surface area contributed by atoms with Crippen molar-refractivity contribution in [2.75, 3.05) is 0 Å². The largest absolute Gasteiger partial charge is 0.248 e. The number of aryl methyl sites for hydroxylation is 2. The number of aromatic nitrogens is 2. The molecular formula is C51H64N2. The van der Waals surface area contributed by atoms with Gasteiger partial charge in [-0.2, -0.15) is 0 Å². The molecule has 0 unspecified atom stereocenters. The average molecular weight is 705 g/mol. The normalized spacial score (nSPS) is 19.5. The van der Waals surface area contributed by atoms with Crippen LogP contribution < -0.4 is 0 Å².